The zero-order valence-corrected chi connectivity index (χ0v) is 9.47. The molecule has 1 aromatic rings. The van der Waals surface area contributed by atoms with Gasteiger partial charge in [-0.1, -0.05) is 22.0 Å². The first-order chi connectivity index (χ1) is 6.70. The van der Waals surface area contributed by atoms with Crippen LogP contribution in [-0.4, -0.2) is 11.5 Å². The van der Waals surface area contributed by atoms with Crippen molar-refractivity contribution < 1.29 is 4.79 Å². The van der Waals surface area contributed by atoms with E-state index in [1.165, 1.54) is 0 Å². The van der Waals surface area contributed by atoms with Crippen LogP contribution in [0.1, 0.15) is 29.3 Å². The number of rotatable bonds is 1. The molecule has 0 aromatic heterocycles. The van der Waals surface area contributed by atoms with Crippen molar-refractivity contribution in [2.75, 3.05) is 0 Å². The molecule has 3 heteroatoms. The van der Waals surface area contributed by atoms with Crippen molar-refractivity contribution in [3.8, 4) is 0 Å². The molecule has 0 aliphatic carbocycles. The summed E-state index contributed by atoms with van der Waals surface area (Å²) in [6, 6.07) is 5.82. The Morgan fingerprint density at radius 2 is 2.29 bits per heavy atom. The van der Waals surface area contributed by atoms with Crippen molar-refractivity contribution in [3.63, 3.8) is 0 Å². The van der Waals surface area contributed by atoms with E-state index < -0.39 is 0 Å². The van der Waals surface area contributed by atoms with Gasteiger partial charge in [-0.25, -0.2) is 0 Å². The number of hydrogen-bond acceptors (Lipinski definition) is 2. The number of benzene rings is 1. The number of hydrogen-bond donors (Lipinski definition) is 0. The number of aliphatic imine (C=N–C) groups is 1. The van der Waals surface area contributed by atoms with Crippen LogP contribution in [0.3, 0.4) is 0 Å². The molecule has 0 radical (unpaired) electrons. The van der Waals surface area contributed by atoms with Gasteiger partial charge >= 0.3 is 0 Å². The van der Waals surface area contributed by atoms with Crippen molar-refractivity contribution in [2.24, 2.45) is 4.99 Å². The van der Waals surface area contributed by atoms with E-state index in [1.54, 1.807) is 0 Å². The third-order valence-electron chi connectivity index (χ3n) is 2.24. The molecule has 0 saturated heterocycles. The highest BCUT2D eigenvalue weighted by Crippen LogP contribution is 2.27. The number of fused-ring (bicyclic) bond motifs is 1. The van der Waals surface area contributed by atoms with Crippen LogP contribution in [0, 0.1) is 0 Å². The van der Waals surface area contributed by atoms with Crippen molar-refractivity contribution in [2.45, 2.75) is 18.7 Å². The van der Waals surface area contributed by atoms with Crippen molar-refractivity contribution >= 4 is 33.1 Å². The predicted molar refractivity (Wildman–Crippen MR) is 60.8 cm³/mol. The van der Waals surface area contributed by atoms with Crippen molar-refractivity contribution in [3.05, 3.63) is 29.3 Å². The fraction of sp³-hybridized carbons (Fsp3) is 0.273. The fourth-order valence-electron chi connectivity index (χ4n) is 1.56. The van der Waals surface area contributed by atoms with E-state index in [0.29, 0.717) is 6.42 Å². The summed E-state index contributed by atoms with van der Waals surface area (Å²) in [5.74, 6) is 0.176. The highest BCUT2D eigenvalue weighted by Gasteiger charge is 2.17. The van der Waals surface area contributed by atoms with Crippen LogP contribution in [0.4, 0.5) is 5.69 Å². The van der Waals surface area contributed by atoms with Gasteiger partial charge < -0.3 is 0 Å². The Kier molecular flexibility index (Phi) is 2.50. The van der Waals surface area contributed by atoms with E-state index in [9.17, 15) is 4.79 Å². The first-order valence-electron chi connectivity index (χ1n) is 4.47. The van der Waals surface area contributed by atoms with E-state index >= 15 is 0 Å². The van der Waals surface area contributed by atoms with Crippen molar-refractivity contribution in [1.82, 2.24) is 0 Å². The first-order valence-corrected chi connectivity index (χ1v) is 5.59. The van der Waals surface area contributed by atoms with E-state index in [2.05, 4.69) is 20.9 Å². The maximum absolute atomic E-state index is 11.7. The van der Waals surface area contributed by atoms with E-state index in [4.69, 9.17) is 0 Å². The monoisotopic (exact) mass is 251 g/mol. The molecule has 2 nitrogen and oxygen atoms in total. The smallest absolute Gasteiger partial charge is 0.170 e. The number of halogens is 1. The molecule has 0 unspecified atom stereocenters. The Bertz CT molecular complexity index is 423. The lowest BCUT2D eigenvalue weighted by Gasteiger charge is -2.12. The Balaban J connectivity index is 2.55. The minimum atomic E-state index is 0.176. The summed E-state index contributed by atoms with van der Waals surface area (Å²) in [5.41, 5.74) is 3.58. The summed E-state index contributed by atoms with van der Waals surface area (Å²) < 4.78 is 0. The molecule has 1 heterocycles. The summed E-state index contributed by atoms with van der Waals surface area (Å²) in [4.78, 5) is 16.0. The Hall–Kier alpha value is -0.960. The second-order valence-corrected chi connectivity index (χ2v) is 3.99. The Morgan fingerprint density at radius 1 is 1.50 bits per heavy atom. The molecule has 0 fully saturated rings. The van der Waals surface area contributed by atoms with Gasteiger partial charge in [-0.3, -0.25) is 9.79 Å². The second kappa shape index (κ2) is 3.65. The summed E-state index contributed by atoms with van der Waals surface area (Å²) in [6.45, 7) is 1.89. The zero-order chi connectivity index (χ0) is 10.1. The summed E-state index contributed by atoms with van der Waals surface area (Å²) in [7, 11) is 0. The number of carbonyl (C=O) groups excluding carboxylic acids is 1. The fourth-order valence-corrected chi connectivity index (χ4v) is 1.91. The number of nitrogens with zero attached hydrogens (tertiary/aromatic N) is 1. The quantitative estimate of drug-likeness (QED) is 0.705. The van der Waals surface area contributed by atoms with Crippen LogP contribution >= 0.6 is 15.9 Å². The topological polar surface area (TPSA) is 29.4 Å². The highest BCUT2D eigenvalue weighted by atomic mass is 79.9. The average molecular weight is 252 g/mol. The SMILES string of the molecule is CC1=Nc2ccc(CBr)cc2C(=O)C1. The number of alkyl halides is 1. The van der Waals surface area contributed by atoms with Crippen LogP contribution < -0.4 is 0 Å². The van der Waals surface area contributed by atoms with Gasteiger partial charge in [0, 0.05) is 23.0 Å². The zero-order valence-electron chi connectivity index (χ0n) is 7.88. The molecule has 0 N–H and O–H groups in total. The second-order valence-electron chi connectivity index (χ2n) is 3.43. The molecule has 1 aromatic carbocycles. The van der Waals surface area contributed by atoms with E-state index in [1.807, 2.05) is 25.1 Å². The molecule has 14 heavy (non-hydrogen) atoms. The van der Waals surface area contributed by atoms with Crippen molar-refractivity contribution in [1.29, 1.82) is 0 Å². The number of Topliss-reactive ketones (excluding diaryl/α,β-unsaturated/α-hetero) is 1. The molecular formula is C11H10BrNO. The average Bonchev–Trinajstić information content (AvgIpc) is 2.17. The maximum atomic E-state index is 11.7. The van der Waals surface area contributed by atoms with Gasteiger partial charge in [-0.05, 0) is 24.6 Å². The summed E-state index contributed by atoms with van der Waals surface area (Å²) in [5, 5.41) is 0.774. The lowest BCUT2D eigenvalue weighted by atomic mass is 9.99. The standard InChI is InChI=1S/C11H10BrNO/c1-7-4-11(14)9-5-8(6-12)2-3-10(9)13-7/h2-3,5H,4,6H2,1H3. The minimum absolute atomic E-state index is 0.176. The molecule has 0 atom stereocenters. The molecule has 0 saturated carbocycles. The summed E-state index contributed by atoms with van der Waals surface area (Å²) >= 11 is 3.37. The van der Waals surface area contributed by atoms with Gasteiger partial charge in [0.15, 0.2) is 5.78 Å². The van der Waals surface area contributed by atoms with Gasteiger partial charge in [-0.15, -0.1) is 0 Å². The highest BCUT2D eigenvalue weighted by molar-refractivity contribution is 9.08. The maximum Gasteiger partial charge on any atom is 0.170 e. The first kappa shape index (κ1) is 9.59. The van der Waals surface area contributed by atoms with Gasteiger partial charge in [0.1, 0.15) is 0 Å². The Labute approximate surface area is 91.2 Å². The molecule has 1 aliphatic rings. The van der Waals surface area contributed by atoms with E-state index in [0.717, 1.165) is 27.9 Å². The normalized spacial score (nSPS) is 15.0. The lowest BCUT2D eigenvalue weighted by Crippen LogP contribution is -2.10. The molecule has 2 rings (SSSR count). The van der Waals surface area contributed by atoms with Crippen LogP contribution in [-0.2, 0) is 5.33 Å². The van der Waals surface area contributed by atoms with Gasteiger partial charge in [0.2, 0.25) is 0 Å². The summed E-state index contributed by atoms with van der Waals surface area (Å²) in [6.07, 6.45) is 0.457. The molecular weight excluding hydrogens is 242 g/mol. The van der Waals surface area contributed by atoms with Crippen LogP contribution in [0.25, 0.3) is 0 Å². The Morgan fingerprint density at radius 3 is 3.00 bits per heavy atom. The van der Waals surface area contributed by atoms with Crippen LogP contribution in [0.2, 0.25) is 0 Å². The predicted octanol–water partition coefficient (Wildman–Crippen LogP) is 3.26. The largest absolute Gasteiger partial charge is 0.294 e. The third kappa shape index (κ3) is 1.64. The van der Waals surface area contributed by atoms with Gasteiger partial charge in [-0.2, -0.15) is 0 Å². The molecule has 0 amide bonds. The van der Waals surface area contributed by atoms with Crippen LogP contribution in [0.15, 0.2) is 23.2 Å². The molecule has 1 aliphatic heterocycles. The van der Waals surface area contributed by atoms with E-state index in [-0.39, 0.29) is 5.78 Å². The lowest BCUT2D eigenvalue weighted by molar-refractivity contribution is 0.0999. The number of carbonyl (C=O) groups is 1. The number of ketones is 1. The molecule has 0 spiro atoms. The minimum Gasteiger partial charge on any atom is -0.294 e. The molecule has 0 bridgehead atoms. The molecule has 72 valence electrons. The third-order valence-corrected chi connectivity index (χ3v) is 2.89. The van der Waals surface area contributed by atoms with Crippen LogP contribution in [0.5, 0.6) is 0 Å². The van der Waals surface area contributed by atoms with Gasteiger partial charge in [0.25, 0.3) is 0 Å². The van der Waals surface area contributed by atoms with Gasteiger partial charge in [0.05, 0.1) is 5.69 Å².